The van der Waals surface area contributed by atoms with Crippen molar-refractivity contribution in [1.29, 1.82) is 0 Å². The molecule has 120 valence electrons. The van der Waals surface area contributed by atoms with Gasteiger partial charge in [0.1, 0.15) is 0 Å². The third-order valence-electron chi connectivity index (χ3n) is 2.82. The van der Waals surface area contributed by atoms with Crippen LogP contribution >= 0.6 is 0 Å². The number of rotatable bonds is 10. The van der Waals surface area contributed by atoms with Gasteiger partial charge in [-0.15, -0.1) is 0 Å². The lowest BCUT2D eigenvalue weighted by molar-refractivity contribution is 0.427. The Morgan fingerprint density at radius 3 is 2.35 bits per heavy atom. The zero-order valence-electron chi connectivity index (χ0n) is 13.3. The second-order valence-electron chi connectivity index (χ2n) is 4.65. The van der Waals surface area contributed by atoms with Gasteiger partial charge in [0.2, 0.25) is 10.0 Å². The molecule has 20 heavy (non-hydrogen) atoms. The van der Waals surface area contributed by atoms with Gasteiger partial charge in [-0.05, 0) is 19.8 Å². The van der Waals surface area contributed by atoms with Crippen LogP contribution < -0.4 is 10.6 Å². The second-order valence-corrected chi connectivity index (χ2v) is 6.63. The van der Waals surface area contributed by atoms with E-state index in [2.05, 4.69) is 22.5 Å². The largest absolute Gasteiger partial charge is 0.357 e. The van der Waals surface area contributed by atoms with Crippen LogP contribution in [-0.2, 0) is 10.0 Å². The molecule has 0 aliphatic heterocycles. The van der Waals surface area contributed by atoms with Crippen molar-refractivity contribution in [2.75, 3.05) is 39.0 Å². The molecule has 0 saturated carbocycles. The molecular weight excluding hydrogens is 276 g/mol. The van der Waals surface area contributed by atoms with Crippen molar-refractivity contribution in [1.82, 2.24) is 14.9 Å². The first-order valence-corrected chi connectivity index (χ1v) is 9.27. The third kappa shape index (κ3) is 9.14. The van der Waals surface area contributed by atoms with E-state index >= 15 is 0 Å². The van der Waals surface area contributed by atoms with E-state index in [4.69, 9.17) is 0 Å². The number of sulfonamides is 1. The van der Waals surface area contributed by atoms with E-state index in [1.807, 2.05) is 13.8 Å². The molecule has 0 aliphatic carbocycles. The van der Waals surface area contributed by atoms with Gasteiger partial charge >= 0.3 is 0 Å². The minimum absolute atomic E-state index is 0.511. The summed E-state index contributed by atoms with van der Waals surface area (Å²) in [5, 5.41) is 6.44. The maximum Gasteiger partial charge on any atom is 0.211 e. The number of aliphatic imine (C=N–C) groups is 1. The monoisotopic (exact) mass is 306 g/mol. The van der Waals surface area contributed by atoms with E-state index in [1.165, 1.54) is 10.6 Å². The SMILES string of the molecule is CCCCNC(=NCCCN(CC)S(C)(=O)=O)NCC. The van der Waals surface area contributed by atoms with Crippen LogP contribution in [0.25, 0.3) is 0 Å². The molecule has 0 saturated heterocycles. The summed E-state index contributed by atoms with van der Waals surface area (Å²) in [7, 11) is -3.09. The molecule has 0 aromatic heterocycles. The maximum absolute atomic E-state index is 11.4. The Balaban J connectivity index is 4.15. The van der Waals surface area contributed by atoms with Crippen molar-refractivity contribution >= 4 is 16.0 Å². The van der Waals surface area contributed by atoms with Crippen molar-refractivity contribution in [3.63, 3.8) is 0 Å². The van der Waals surface area contributed by atoms with Gasteiger partial charge in [-0.1, -0.05) is 20.3 Å². The number of guanidine groups is 1. The lowest BCUT2D eigenvalue weighted by Gasteiger charge is -2.17. The predicted octanol–water partition coefficient (Wildman–Crippen LogP) is 1.01. The smallest absolute Gasteiger partial charge is 0.211 e. The normalized spacial score (nSPS) is 12.8. The summed E-state index contributed by atoms with van der Waals surface area (Å²) in [6.45, 7) is 9.41. The quantitative estimate of drug-likeness (QED) is 0.359. The fraction of sp³-hybridized carbons (Fsp3) is 0.923. The highest BCUT2D eigenvalue weighted by atomic mass is 32.2. The molecule has 0 amide bonds. The van der Waals surface area contributed by atoms with Gasteiger partial charge in [0.25, 0.3) is 0 Å². The lowest BCUT2D eigenvalue weighted by Crippen LogP contribution is -2.38. The molecular formula is C13H30N4O2S. The molecule has 0 rings (SSSR count). The zero-order valence-corrected chi connectivity index (χ0v) is 14.1. The molecule has 6 nitrogen and oxygen atoms in total. The van der Waals surface area contributed by atoms with Gasteiger partial charge in [-0.2, -0.15) is 0 Å². The van der Waals surface area contributed by atoms with Crippen LogP contribution in [0, 0.1) is 0 Å². The second kappa shape index (κ2) is 10.9. The highest BCUT2D eigenvalue weighted by Crippen LogP contribution is 1.99. The summed E-state index contributed by atoms with van der Waals surface area (Å²) in [6, 6.07) is 0. The molecule has 0 bridgehead atoms. The molecule has 0 spiro atoms. The van der Waals surface area contributed by atoms with Gasteiger partial charge < -0.3 is 10.6 Å². The summed E-state index contributed by atoms with van der Waals surface area (Å²) < 4.78 is 24.3. The molecule has 0 heterocycles. The molecule has 0 radical (unpaired) electrons. The van der Waals surface area contributed by atoms with E-state index in [0.29, 0.717) is 19.6 Å². The number of hydrogen-bond donors (Lipinski definition) is 2. The van der Waals surface area contributed by atoms with Crippen LogP contribution in [0.15, 0.2) is 4.99 Å². The van der Waals surface area contributed by atoms with Crippen LogP contribution in [-0.4, -0.2) is 57.7 Å². The van der Waals surface area contributed by atoms with Crippen LogP contribution in [0.5, 0.6) is 0 Å². The molecule has 0 unspecified atom stereocenters. The average molecular weight is 306 g/mol. The first-order valence-electron chi connectivity index (χ1n) is 7.42. The van der Waals surface area contributed by atoms with Gasteiger partial charge in [0.05, 0.1) is 6.26 Å². The lowest BCUT2D eigenvalue weighted by atomic mass is 10.3. The van der Waals surface area contributed by atoms with Crippen molar-refractivity contribution in [3.05, 3.63) is 0 Å². The van der Waals surface area contributed by atoms with Crippen LogP contribution in [0.2, 0.25) is 0 Å². The highest BCUT2D eigenvalue weighted by molar-refractivity contribution is 7.88. The van der Waals surface area contributed by atoms with E-state index in [0.717, 1.165) is 38.3 Å². The summed E-state index contributed by atoms with van der Waals surface area (Å²) in [5.74, 6) is 0.809. The molecule has 0 fully saturated rings. The molecule has 0 aliphatic rings. The molecule has 0 aromatic rings. The number of nitrogens with one attached hydrogen (secondary N) is 2. The Kier molecular flexibility index (Phi) is 10.5. The van der Waals surface area contributed by atoms with Gasteiger partial charge in [-0.3, -0.25) is 4.99 Å². The Morgan fingerprint density at radius 2 is 1.85 bits per heavy atom. The van der Waals surface area contributed by atoms with Crippen molar-refractivity contribution in [2.45, 2.75) is 40.0 Å². The van der Waals surface area contributed by atoms with Crippen LogP contribution in [0.4, 0.5) is 0 Å². The van der Waals surface area contributed by atoms with Gasteiger partial charge in [-0.25, -0.2) is 12.7 Å². The Labute approximate surface area is 124 Å². The number of nitrogens with zero attached hydrogens (tertiary/aromatic N) is 2. The Morgan fingerprint density at radius 1 is 1.15 bits per heavy atom. The fourth-order valence-electron chi connectivity index (χ4n) is 1.72. The molecule has 2 N–H and O–H groups in total. The van der Waals surface area contributed by atoms with Crippen LogP contribution in [0.1, 0.15) is 40.0 Å². The van der Waals surface area contributed by atoms with E-state index in [9.17, 15) is 8.42 Å². The van der Waals surface area contributed by atoms with Crippen LogP contribution in [0.3, 0.4) is 0 Å². The summed E-state index contributed by atoms with van der Waals surface area (Å²) in [6.07, 6.45) is 4.23. The minimum atomic E-state index is -3.09. The number of unbranched alkanes of at least 4 members (excludes halogenated alkanes) is 1. The minimum Gasteiger partial charge on any atom is -0.357 e. The molecule has 7 heteroatoms. The standard InChI is InChI=1S/C13H30N4O2S/c1-5-8-10-15-13(14-6-2)16-11-9-12-17(7-3)20(4,18)19/h5-12H2,1-4H3,(H2,14,15,16). The van der Waals surface area contributed by atoms with E-state index < -0.39 is 10.0 Å². The Hall–Kier alpha value is -0.820. The van der Waals surface area contributed by atoms with E-state index in [1.54, 1.807) is 0 Å². The molecule has 0 atom stereocenters. The fourth-order valence-corrected chi connectivity index (χ4v) is 2.65. The summed E-state index contributed by atoms with van der Waals surface area (Å²) in [5.41, 5.74) is 0. The Bertz CT molecular complexity index is 369. The molecule has 0 aromatic carbocycles. The predicted molar refractivity (Wildman–Crippen MR) is 85.6 cm³/mol. The summed E-state index contributed by atoms with van der Waals surface area (Å²) in [4.78, 5) is 4.45. The first-order chi connectivity index (χ1) is 9.45. The number of hydrogen-bond acceptors (Lipinski definition) is 3. The topological polar surface area (TPSA) is 73.8 Å². The zero-order chi connectivity index (χ0) is 15.4. The summed E-state index contributed by atoms with van der Waals surface area (Å²) >= 11 is 0. The highest BCUT2D eigenvalue weighted by Gasteiger charge is 2.12. The van der Waals surface area contributed by atoms with E-state index in [-0.39, 0.29) is 0 Å². The first kappa shape index (κ1) is 19.2. The van der Waals surface area contributed by atoms with Gasteiger partial charge in [0, 0.05) is 32.7 Å². The van der Waals surface area contributed by atoms with Crippen molar-refractivity contribution in [2.24, 2.45) is 4.99 Å². The third-order valence-corrected chi connectivity index (χ3v) is 4.20. The average Bonchev–Trinajstić information content (AvgIpc) is 2.37. The maximum atomic E-state index is 11.4. The van der Waals surface area contributed by atoms with Gasteiger partial charge in [0.15, 0.2) is 5.96 Å². The van der Waals surface area contributed by atoms with Crippen molar-refractivity contribution < 1.29 is 8.42 Å². The van der Waals surface area contributed by atoms with Crippen molar-refractivity contribution in [3.8, 4) is 0 Å².